The van der Waals surface area contributed by atoms with Crippen LogP contribution in [0.1, 0.15) is 21.9 Å². The Morgan fingerprint density at radius 1 is 1.03 bits per heavy atom. The van der Waals surface area contributed by atoms with Crippen LogP contribution in [0.2, 0.25) is 0 Å². The highest BCUT2D eigenvalue weighted by Gasteiger charge is 2.24. The number of nitrogens with zero attached hydrogens (tertiary/aromatic N) is 2. The summed E-state index contributed by atoms with van der Waals surface area (Å²) in [6, 6.07) is 19.6. The van der Waals surface area contributed by atoms with Crippen LogP contribution in [0, 0.1) is 6.92 Å². The first-order chi connectivity index (χ1) is 14.1. The number of halogens is 1. The average molecular weight is 455 g/mol. The summed E-state index contributed by atoms with van der Waals surface area (Å²) >= 11 is 3.42. The van der Waals surface area contributed by atoms with Crippen LogP contribution in [0.25, 0.3) is 0 Å². The average Bonchev–Trinajstić information content (AvgIpc) is 3.21. The standard InChI is InChI=1S/C23H23BrN2O3/c1-17-4-2-6-19(14-17)25-10-12-26(13-11-25)23(27)22-9-8-21(29-22)16-28-20-7-3-5-18(24)15-20/h2-9,14-15H,10-13,16H2,1H3. The minimum atomic E-state index is -0.0670. The Balaban J connectivity index is 1.32. The molecule has 0 atom stereocenters. The Hall–Kier alpha value is -2.73. The van der Waals surface area contributed by atoms with Crippen molar-refractivity contribution in [2.75, 3.05) is 31.1 Å². The smallest absolute Gasteiger partial charge is 0.289 e. The van der Waals surface area contributed by atoms with Crippen molar-refractivity contribution < 1.29 is 13.9 Å². The quantitative estimate of drug-likeness (QED) is 0.550. The van der Waals surface area contributed by atoms with Crippen LogP contribution in [0.15, 0.2) is 69.6 Å². The molecule has 1 fully saturated rings. The molecule has 29 heavy (non-hydrogen) atoms. The van der Waals surface area contributed by atoms with Crippen LogP contribution in [0.5, 0.6) is 5.75 Å². The van der Waals surface area contributed by atoms with Crippen molar-refractivity contribution in [3.63, 3.8) is 0 Å². The second-order valence-corrected chi connectivity index (χ2v) is 8.05. The monoisotopic (exact) mass is 454 g/mol. The summed E-state index contributed by atoms with van der Waals surface area (Å²) in [5, 5.41) is 0. The van der Waals surface area contributed by atoms with Gasteiger partial charge in [-0.15, -0.1) is 0 Å². The molecule has 2 heterocycles. The number of furan rings is 1. The van der Waals surface area contributed by atoms with Gasteiger partial charge in [0.25, 0.3) is 5.91 Å². The Kier molecular flexibility index (Phi) is 5.90. The number of aryl methyl sites for hydroxylation is 1. The molecule has 0 radical (unpaired) electrons. The largest absolute Gasteiger partial charge is 0.486 e. The fourth-order valence-electron chi connectivity index (χ4n) is 3.43. The van der Waals surface area contributed by atoms with Crippen molar-refractivity contribution >= 4 is 27.5 Å². The Bertz CT molecular complexity index is 993. The lowest BCUT2D eigenvalue weighted by molar-refractivity contribution is 0.0710. The number of carbonyl (C=O) groups is 1. The third-order valence-corrected chi connectivity index (χ3v) is 5.48. The van der Waals surface area contributed by atoms with Crippen LogP contribution < -0.4 is 9.64 Å². The van der Waals surface area contributed by atoms with E-state index in [1.807, 2.05) is 29.2 Å². The van der Waals surface area contributed by atoms with E-state index in [0.717, 1.165) is 23.3 Å². The van der Waals surface area contributed by atoms with Crippen LogP contribution in [-0.2, 0) is 6.61 Å². The Morgan fingerprint density at radius 2 is 1.83 bits per heavy atom. The molecular formula is C23H23BrN2O3. The highest BCUT2D eigenvalue weighted by Crippen LogP contribution is 2.21. The molecule has 1 aromatic heterocycles. The Labute approximate surface area is 179 Å². The van der Waals surface area contributed by atoms with Gasteiger partial charge in [-0.3, -0.25) is 4.79 Å². The van der Waals surface area contributed by atoms with E-state index < -0.39 is 0 Å². The summed E-state index contributed by atoms with van der Waals surface area (Å²) in [5.41, 5.74) is 2.45. The van der Waals surface area contributed by atoms with Gasteiger partial charge in [0.1, 0.15) is 18.1 Å². The predicted octanol–water partition coefficient (Wildman–Crippen LogP) is 4.89. The van der Waals surface area contributed by atoms with Gasteiger partial charge in [0.15, 0.2) is 5.76 Å². The molecule has 0 saturated carbocycles. The first kappa shape index (κ1) is 19.6. The van der Waals surface area contributed by atoms with Crippen LogP contribution in [0.4, 0.5) is 5.69 Å². The summed E-state index contributed by atoms with van der Waals surface area (Å²) in [4.78, 5) is 17.0. The number of piperazine rings is 1. The molecule has 1 amide bonds. The molecule has 6 heteroatoms. The second kappa shape index (κ2) is 8.74. The van der Waals surface area contributed by atoms with E-state index in [0.29, 0.717) is 24.6 Å². The topological polar surface area (TPSA) is 45.9 Å². The minimum Gasteiger partial charge on any atom is -0.486 e. The number of anilines is 1. The number of benzene rings is 2. The minimum absolute atomic E-state index is 0.0670. The highest BCUT2D eigenvalue weighted by molar-refractivity contribution is 9.10. The molecule has 150 valence electrons. The fraction of sp³-hybridized carbons (Fsp3) is 0.261. The molecule has 0 N–H and O–H groups in total. The number of rotatable bonds is 5. The van der Waals surface area contributed by atoms with E-state index in [1.54, 1.807) is 12.1 Å². The van der Waals surface area contributed by atoms with Crippen molar-refractivity contribution in [2.45, 2.75) is 13.5 Å². The number of carbonyl (C=O) groups excluding carboxylic acids is 1. The van der Waals surface area contributed by atoms with Gasteiger partial charge in [-0.2, -0.15) is 0 Å². The molecule has 0 unspecified atom stereocenters. The molecule has 1 aliphatic heterocycles. The van der Waals surface area contributed by atoms with Crippen molar-refractivity contribution in [1.82, 2.24) is 4.90 Å². The summed E-state index contributed by atoms with van der Waals surface area (Å²) < 4.78 is 12.4. The number of amides is 1. The van der Waals surface area contributed by atoms with Crippen LogP contribution >= 0.6 is 15.9 Å². The molecule has 1 saturated heterocycles. The van der Waals surface area contributed by atoms with Gasteiger partial charge in [0.05, 0.1) is 0 Å². The van der Waals surface area contributed by atoms with Gasteiger partial charge < -0.3 is 19.0 Å². The van der Waals surface area contributed by atoms with E-state index in [1.165, 1.54) is 11.3 Å². The van der Waals surface area contributed by atoms with E-state index >= 15 is 0 Å². The maximum absolute atomic E-state index is 12.8. The number of ether oxygens (including phenoxy) is 1. The maximum atomic E-state index is 12.8. The lowest BCUT2D eigenvalue weighted by Crippen LogP contribution is -2.48. The number of hydrogen-bond acceptors (Lipinski definition) is 4. The second-order valence-electron chi connectivity index (χ2n) is 7.13. The van der Waals surface area contributed by atoms with Gasteiger partial charge >= 0.3 is 0 Å². The Morgan fingerprint density at radius 3 is 2.59 bits per heavy atom. The molecule has 0 bridgehead atoms. The summed E-state index contributed by atoms with van der Waals surface area (Å²) in [5.74, 6) is 1.67. The molecule has 2 aromatic carbocycles. The zero-order valence-corrected chi connectivity index (χ0v) is 17.9. The van der Waals surface area contributed by atoms with Crippen LogP contribution in [0.3, 0.4) is 0 Å². The molecule has 5 nitrogen and oxygen atoms in total. The molecule has 0 aliphatic carbocycles. The lowest BCUT2D eigenvalue weighted by Gasteiger charge is -2.35. The van der Waals surface area contributed by atoms with E-state index in [-0.39, 0.29) is 12.5 Å². The molecular weight excluding hydrogens is 432 g/mol. The van der Waals surface area contributed by atoms with E-state index in [9.17, 15) is 4.79 Å². The van der Waals surface area contributed by atoms with Gasteiger partial charge in [-0.1, -0.05) is 34.1 Å². The first-order valence-electron chi connectivity index (χ1n) is 9.66. The SMILES string of the molecule is Cc1cccc(N2CCN(C(=O)c3ccc(COc4cccc(Br)c4)o3)CC2)c1. The third-order valence-electron chi connectivity index (χ3n) is 4.98. The predicted molar refractivity (Wildman–Crippen MR) is 116 cm³/mol. The van der Waals surface area contributed by atoms with Gasteiger partial charge in [0.2, 0.25) is 0 Å². The van der Waals surface area contributed by atoms with Gasteiger partial charge in [-0.25, -0.2) is 0 Å². The summed E-state index contributed by atoms with van der Waals surface area (Å²) in [7, 11) is 0. The van der Waals surface area contributed by atoms with Crippen molar-refractivity contribution in [2.24, 2.45) is 0 Å². The summed E-state index contributed by atoms with van der Waals surface area (Å²) in [6.45, 7) is 5.36. The molecule has 0 spiro atoms. The molecule has 3 aromatic rings. The van der Waals surface area contributed by atoms with Gasteiger partial charge in [0, 0.05) is 36.3 Å². The van der Waals surface area contributed by atoms with Crippen LogP contribution in [-0.4, -0.2) is 37.0 Å². The zero-order valence-electron chi connectivity index (χ0n) is 16.3. The van der Waals surface area contributed by atoms with E-state index in [4.69, 9.17) is 9.15 Å². The molecule has 1 aliphatic rings. The number of hydrogen-bond donors (Lipinski definition) is 0. The third kappa shape index (κ3) is 4.82. The lowest BCUT2D eigenvalue weighted by atomic mass is 10.2. The van der Waals surface area contributed by atoms with Crippen molar-refractivity contribution in [1.29, 1.82) is 0 Å². The van der Waals surface area contributed by atoms with Crippen molar-refractivity contribution in [3.05, 3.63) is 82.2 Å². The van der Waals surface area contributed by atoms with Gasteiger partial charge in [-0.05, 0) is 55.0 Å². The van der Waals surface area contributed by atoms with Crippen molar-refractivity contribution in [3.8, 4) is 5.75 Å². The maximum Gasteiger partial charge on any atom is 0.289 e. The molecule has 4 rings (SSSR count). The van der Waals surface area contributed by atoms with E-state index in [2.05, 4.69) is 52.0 Å². The summed E-state index contributed by atoms with van der Waals surface area (Å²) in [6.07, 6.45) is 0. The first-order valence-corrected chi connectivity index (χ1v) is 10.5. The fourth-order valence-corrected chi connectivity index (χ4v) is 3.81. The normalized spacial score (nSPS) is 14.1. The highest BCUT2D eigenvalue weighted by atomic mass is 79.9. The zero-order chi connectivity index (χ0) is 20.2.